The van der Waals surface area contributed by atoms with Gasteiger partial charge in [0, 0.05) is 12.1 Å². The first-order valence-corrected chi connectivity index (χ1v) is 6.62. The Bertz CT molecular complexity index is 380. The fraction of sp³-hybridized carbons (Fsp3) is 0.533. The van der Waals surface area contributed by atoms with Crippen molar-refractivity contribution >= 4 is 5.91 Å². The lowest BCUT2D eigenvalue weighted by Gasteiger charge is -2.28. The van der Waals surface area contributed by atoms with Crippen LogP contribution in [0.5, 0.6) is 0 Å². The molecule has 100 valence electrons. The third-order valence-corrected chi connectivity index (χ3v) is 3.63. The van der Waals surface area contributed by atoms with Crippen molar-refractivity contribution in [2.45, 2.75) is 52.1 Å². The van der Waals surface area contributed by atoms with Crippen LogP contribution in [0.3, 0.4) is 0 Å². The van der Waals surface area contributed by atoms with Crippen LogP contribution in [-0.2, 0) is 17.8 Å². The Hall–Kier alpha value is -1.35. The van der Waals surface area contributed by atoms with Crippen molar-refractivity contribution in [1.82, 2.24) is 5.32 Å². The number of benzene rings is 1. The fourth-order valence-electron chi connectivity index (χ4n) is 1.79. The molecule has 0 bridgehead atoms. The molecule has 0 atom stereocenters. The number of carbonyl (C=O) groups excluding carboxylic acids is 1. The van der Waals surface area contributed by atoms with Gasteiger partial charge in [-0.25, -0.2) is 0 Å². The maximum Gasteiger partial charge on any atom is 0.224 e. The van der Waals surface area contributed by atoms with E-state index in [0.717, 1.165) is 24.0 Å². The van der Waals surface area contributed by atoms with E-state index in [1.165, 1.54) is 0 Å². The second-order valence-electron chi connectivity index (χ2n) is 5.01. The Morgan fingerprint density at radius 3 is 2.11 bits per heavy atom. The SMILES string of the molecule is CCC(C)(CC)NC(=O)Cc1ccc(CN)cc1. The molecule has 0 radical (unpaired) electrons. The summed E-state index contributed by atoms with van der Waals surface area (Å²) >= 11 is 0. The number of carbonyl (C=O) groups is 1. The van der Waals surface area contributed by atoms with Crippen molar-refractivity contribution < 1.29 is 4.79 Å². The normalized spacial score (nSPS) is 11.3. The predicted octanol–water partition coefficient (Wildman–Crippen LogP) is 2.38. The number of nitrogens with two attached hydrogens (primary N) is 1. The molecule has 0 heterocycles. The van der Waals surface area contributed by atoms with Gasteiger partial charge < -0.3 is 11.1 Å². The van der Waals surface area contributed by atoms with Gasteiger partial charge in [0.1, 0.15) is 0 Å². The van der Waals surface area contributed by atoms with Crippen LogP contribution in [0.1, 0.15) is 44.7 Å². The van der Waals surface area contributed by atoms with Gasteiger partial charge in [0.25, 0.3) is 0 Å². The molecular formula is C15H24N2O. The van der Waals surface area contributed by atoms with Gasteiger partial charge in [0.05, 0.1) is 6.42 Å². The summed E-state index contributed by atoms with van der Waals surface area (Å²) in [4.78, 5) is 12.0. The second-order valence-corrected chi connectivity index (χ2v) is 5.01. The molecule has 0 fully saturated rings. The van der Waals surface area contributed by atoms with E-state index in [1.807, 2.05) is 24.3 Å². The Morgan fingerprint density at radius 2 is 1.67 bits per heavy atom. The molecule has 3 heteroatoms. The largest absolute Gasteiger partial charge is 0.351 e. The summed E-state index contributed by atoms with van der Waals surface area (Å²) in [6.45, 7) is 6.82. The summed E-state index contributed by atoms with van der Waals surface area (Å²) in [5.41, 5.74) is 7.57. The van der Waals surface area contributed by atoms with Crippen LogP contribution in [0.4, 0.5) is 0 Å². The van der Waals surface area contributed by atoms with E-state index >= 15 is 0 Å². The monoisotopic (exact) mass is 248 g/mol. The molecule has 18 heavy (non-hydrogen) atoms. The molecule has 1 amide bonds. The highest BCUT2D eigenvalue weighted by Crippen LogP contribution is 2.14. The molecule has 3 nitrogen and oxygen atoms in total. The van der Waals surface area contributed by atoms with Crippen LogP contribution < -0.4 is 11.1 Å². The Balaban J connectivity index is 2.58. The molecule has 0 aliphatic heterocycles. The van der Waals surface area contributed by atoms with E-state index in [0.29, 0.717) is 13.0 Å². The van der Waals surface area contributed by atoms with Gasteiger partial charge in [-0.15, -0.1) is 0 Å². The summed E-state index contributed by atoms with van der Waals surface area (Å²) < 4.78 is 0. The minimum atomic E-state index is -0.0890. The van der Waals surface area contributed by atoms with Gasteiger partial charge in [-0.05, 0) is 30.9 Å². The van der Waals surface area contributed by atoms with Gasteiger partial charge in [0.15, 0.2) is 0 Å². The first-order valence-electron chi connectivity index (χ1n) is 6.62. The number of amides is 1. The lowest BCUT2D eigenvalue weighted by molar-refractivity contribution is -0.122. The number of hydrogen-bond acceptors (Lipinski definition) is 2. The molecule has 0 saturated heterocycles. The zero-order valence-corrected chi connectivity index (χ0v) is 11.6. The van der Waals surface area contributed by atoms with Crippen molar-refractivity contribution in [3.8, 4) is 0 Å². The summed E-state index contributed by atoms with van der Waals surface area (Å²) in [6, 6.07) is 7.89. The topological polar surface area (TPSA) is 55.1 Å². The van der Waals surface area contributed by atoms with Crippen molar-refractivity contribution in [3.63, 3.8) is 0 Å². The number of nitrogens with one attached hydrogen (secondary N) is 1. The van der Waals surface area contributed by atoms with Crippen LogP contribution in [0.2, 0.25) is 0 Å². The molecule has 0 aromatic heterocycles. The number of hydrogen-bond donors (Lipinski definition) is 2. The quantitative estimate of drug-likeness (QED) is 0.812. The first-order chi connectivity index (χ1) is 8.53. The predicted molar refractivity (Wildman–Crippen MR) is 75.2 cm³/mol. The van der Waals surface area contributed by atoms with Gasteiger partial charge in [-0.3, -0.25) is 4.79 Å². The van der Waals surface area contributed by atoms with E-state index in [-0.39, 0.29) is 11.4 Å². The van der Waals surface area contributed by atoms with E-state index < -0.39 is 0 Å². The van der Waals surface area contributed by atoms with Gasteiger partial charge >= 0.3 is 0 Å². The lowest BCUT2D eigenvalue weighted by Crippen LogP contribution is -2.45. The molecule has 1 aromatic rings. The van der Waals surface area contributed by atoms with E-state index in [9.17, 15) is 4.79 Å². The lowest BCUT2D eigenvalue weighted by atomic mass is 9.95. The average molecular weight is 248 g/mol. The van der Waals surface area contributed by atoms with Crippen LogP contribution in [0.25, 0.3) is 0 Å². The van der Waals surface area contributed by atoms with Crippen LogP contribution in [0, 0.1) is 0 Å². The summed E-state index contributed by atoms with van der Waals surface area (Å²) in [7, 11) is 0. The van der Waals surface area contributed by atoms with Crippen LogP contribution in [-0.4, -0.2) is 11.4 Å². The fourth-order valence-corrected chi connectivity index (χ4v) is 1.79. The molecule has 0 spiro atoms. The summed E-state index contributed by atoms with van der Waals surface area (Å²) in [5, 5.41) is 3.11. The van der Waals surface area contributed by atoms with E-state index in [1.54, 1.807) is 0 Å². The molecule has 1 rings (SSSR count). The van der Waals surface area contributed by atoms with Crippen LogP contribution in [0.15, 0.2) is 24.3 Å². The van der Waals surface area contributed by atoms with Crippen LogP contribution >= 0.6 is 0 Å². The van der Waals surface area contributed by atoms with Crippen molar-refractivity contribution in [3.05, 3.63) is 35.4 Å². The molecule has 0 aliphatic carbocycles. The summed E-state index contributed by atoms with van der Waals surface area (Å²) in [6.07, 6.45) is 2.32. The molecule has 1 aromatic carbocycles. The van der Waals surface area contributed by atoms with E-state index in [2.05, 4.69) is 26.1 Å². The Kier molecular flexibility index (Phi) is 5.35. The highest BCUT2D eigenvalue weighted by molar-refractivity contribution is 5.79. The number of rotatable bonds is 6. The minimum Gasteiger partial charge on any atom is -0.351 e. The molecule has 0 saturated carbocycles. The van der Waals surface area contributed by atoms with Crippen molar-refractivity contribution in [1.29, 1.82) is 0 Å². The zero-order chi connectivity index (χ0) is 13.6. The maximum atomic E-state index is 12.0. The molecule has 0 unspecified atom stereocenters. The molecule has 0 aliphatic rings. The van der Waals surface area contributed by atoms with Gasteiger partial charge in [0.2, 0.25) is 5.91 Å². The van der Waals surface area contributed by atoms with Crippen molar-refractivity contribution in [2.24, 2.45) is 5.73 Å². The first kappa shape index (κ1) is 14.7. The highest BCUT2D eigenvalue weighted by Gasteiger charge is 2.21. The van der Waals surface area contributed by atoms with Gasteiger partial charge in [-0.1, -0.05) is 38.1 Å². The maximum absolute atomic E-state index is 12.0. The Morgan fingerprint density at radius 1 is 1.17 bits per heavy atom. The molecular weight excluding hydrogens is 224 g/mol. The third kappa shape index (κ3) is 4.15. The highest BCUT2D eigenvalue weighted by atomic mass is 16.1. The standard InChI is InChI=1S/C15H24N2O/c1-4-15(3,5-2)17-14(18)10-12-6-8-13(11-16)9-7-12/h6-9H,4-5,10-11,16H2,1-3H3,(H,17,18). The minimum absolute atomic E-state index is 0.0849. The smallest absolute Gasteiger partial charge is 0.224 e. The van der Waals surface area contributed by atoms with Crippen molar-refractivity contribution in [2.75, 3.05) is 0 Å². The Labute approximate surface area is 110 Å². The van der Waals surface area contributed by atoms with E-state index in [4.69, 9.17) is 5.73 Å². The average Bonchev–Trinajstić information content (AvgIpc) is 2.39. The van der Waals surface area contributed by atoms with Gasteiger partial charge in [-0.2, -0.15) is 0 Å². The summed E-state index contributed by atoms with van der Waals surface area (Å²) in [5.74, 6) is 0.0849. The second kappa shape index (κ2) is 6.55. The molecule has 3 N–H and O–H groups in total. The zero-order valence-electron chi connectivity index (χ0n) is 11.6. The third-order valence-electron chi connectivity index (χ3n) is 3.63.